The third kappa shape index (κ3) is 12.4. The Morgan fingerprint density at radius 2 is 1.04 bits per heavy atom. The molecule has 2 aliphatic heterocycles. The second-order valence-electron chi connectivity index (χ2n) is 16.8. The Labute approximate surface area is 420 Å². The molecule has 2 N–H and O–H groups in total. The Morgan fingerprint density at radius 1 is 0.611 bits per heavy atom. The fraction of sp³-hybridized carbons (Fsp3) is 0.321. The summed E-state index contributed by atoms with van der Waals surface area (Å²) in [5.74, 6) is 0.226. The highest BCUT2D eigenvalue weighted by Crippen LogP contribution is 2.41. The van der Waals surface area contributed by atoms with Crippen molar-refractivity contribution in [2.24, 2.45) is 0 Å². The molecule has 2 aliphatic rings. The van der Waals surface area contributed by atoms with E-state index < -0.39 is 45.1 Å². The number of benzene rings is 5. The molecule has 0 aliphatic carbocycles. The molecule has 0 aromatic heterocycles. The fourth-order valence-electron chi connectivity index (χ4n) is 8.37. The van der Waals surface area contributed by atoms with E-state index in [0.717, 1.165) is 40.0 Å². The van der Waals surface area contributed by atoms with Crippen molar-refractivity contribution < 1.29 is 58.1 Å². The standard InChI is InChI=1S/C53H55ClN4O14/c1-4-68-42-17-11-35(12-18-42)37-23-40(31-59)55(29-37)52(61)44-25-48(67-3)50(27-46(44)57(63)64)70-21-7-6-8-22-71-51-28-47(58(65)66)45(26-49(51)72-33-34-9-15-39(54)16-10-34)53(62)56-30-38(24-41(56)32-60)36-13-19-43(20-14-36)69-5-2/h9-20,25-30,40-41,59-60H,4-8,21-24,31-33H2,1-3H3/t40-,41-/m0/s1. The van der Waals surface area contributed by atoms with E-state index in [1.165, 1.54) is 29.0 Å². The molecular weight excluding hydrogens is 952 g/mol. The number of methoxy groups -OCH3 is 1. The zero-order valence-corrected chi connectivity index (χ0v) is 40.7. The van der Waals surface area contributed by atoms with Crippen molar-refractivity contribution in [1.29, 1.82) is 0 Å². The maximum Gasteiger partial charge on any atom is 0.286 e. The van der Waals surface area contributed by atoms with E-state index in [-0.39, 0.29) is 67.2 Å². The highest BCUT2D eigenvalue weighted by molar-refractivity contribution is 6.30. The van der Waals surface area contributed by atoms with Crippen LogP contribution in [-0.4, -0.2) is 101 Å². The van der Waals surface area contributed by atoms with Crippen LogP contribution in [0.5, 0.6) is 34.5 Å². The number of aliphatic hydroxyl groups excluding tert-OH is 2. The van der Waals surface area contributed by atoms with E-state index in [9.17, 15) is 40.0 Å². The molecule has 378 valence electrons. The molecule has 5 aromatic carbocycles. The molecule has 0 unspecified atom stereocenters. The summed E-state index contributed by atoms with van der Waals surface area (Å²) in [5.41, 5.74) is 2.35. The first-order valence-electron chi connectivity index (χ1n) is 23.4. The van der Waals surface area contributed by atoms with Crippen LogP contribution in [0.1, 0.15) is 83.4 Å². The topological polar surface area (TPSA) is 223 Å². The number of nitro benzene ring substituents is 2. The van der Waals surface area contributed by atoms with Gasteiger partial charge in [-0.3, -0.25) is 29.8 Å². The lowest BCUT2D eigenvalue weighted by Crippen LogP contribution is -2.35. The number of amides is 2. The van der Waals surface area contributed by atoms with Gasteiger partial charge in [0, 0.05) is 29.6 Å². The van der Waals surface area contributed by atoms with Gasteiger partial charge in [0.25, 0.3) is 23.2 Å². The third-order valence-corrected chi connectivity index (χ3v) is 12.3. The van der Waals surface area contributed by atoms with Crippen molar-refractivity contribution in [3.8, 4) is 34.5 Å². The summed E-state index contributed by atoms with van der Waals surface area (Å²) >= 11 is 6.09. The minimum Gasteiger partial charge on any atom is -0.494 e. The van der Waals surface area contributed by atoms with Crippen LogP contribution in [0, 0.1) is 20.2 Å². The maximum atomic E-state index is 14.2. The van der Waals surface area contributed by atoms with Crippen molar-refractivity contribution in [3.05, 3.63) is 163 Å². The number of unbranched alkanes of at least 4 members (excludes halogenated alkanes) is 2. The fourth-order valence-corrected chi connectivity index (χ4v) is 8.49. The molecule has 72 heavy (non-hydrogen) atoms. The van der Waals surface area contributed by atoms with Crippen LogP contribution in [-0.2, 0) is 6.61 Å². The van der Waals surface area contributed by atoms with Crippen molar-refractivity contribution >= 4 is 45.9 Å². The number of ether oxygens (including phenoxy) is 6. The predicted molar refractivity (Wildman–Crippen MR) is 268 cm³/mol. The Balaban J connectivity index is 1.02. The smallest absolute Gasteiger partial charge is 0.286 e. The SMILES string of the molecule is CCOc1ccc(C2=CN(C(=O)c3cc(OC)c(OCCCCCOc4cc([N+](=O)[O-])c(C(=O)N5C=C(c6ccc(OCC)cc6)C[C@H]5CO)cc4OCc4ccc(Cl)cc4)cc3[N+](=O)[O-])[C@H](CO)C2)cc1. The van der Waals surface area contributed by atoms with Crippen molar-refractivity contribution in [2.75, 3.05) is 46.8 Å². The van der Waals surface area contributed by atoms with Gasteiger partial charge in [-0.2, -0.15) is 0 Å². The molecule has 2 amide bonds. The summed E-state index contributed by atoms with van der Waals surface area (Å²) in [6.07, 6.45) is 5.26. The number of carbonyl (C=O) groups is 2. The summed E-state index contributed by atoms with van der Waals surface area (Å²) < 4.78 is 34.8. The second kappa shape index (κ2) is 24.4. The van der Waals surface area contributed by atoms with E-state index >= 15 is 0 Å². The molecule has 0 saturated heterocycles. The van der Waals surface area contributed by atoms with Gasteiger partial charge in [-0.1, -0.05) is 48.0 Å². The van der Waals surface area contributed by atoms with E-state index in [4.69, 9.17) is 40.0 Å². The number of hydrogen-bond acceptors (Lipinski definition) is 14. The summed E-state index contributed by atoms with van der Waals surface area (Å²) in [5, 5.41) is 46.0. The van der Waals surface area contributed by atoms with Crippen molar-refractivity contribution in [2.45, 2.75) is 64.6 Å². The molecule has 0 spiro atoms. The van der Waals surface area contributed by atoms with E-state index in [0.29, 0.717) is 61.8 Å². The molecule has 2 atom stereocenters. The van der Waals surface area contributed by atoms with Gasteiger partial charge >= 0.3 is 0 Å². The summed E-state index contributed by atoms with van der Waals surface area (Å²) in [6.45, 7) is 4.21. The number of hydrogen-bond donors (Lipinski definition) is 2. The van der Waals surface area contributed by atoms with Gasteiger partial charge in [-0.05, 0) is 110 Å². The number of nitrogens with zero attached hydrogens (tertiary/aromatic N) is 4. The van der Waals surface area contributed by atoms with Crippen LogP contribution < -0.4 is 28.4 Å². The Bertz CT molecular complexity index is 2800. The molecule has 0 fully saturated rings. The van der Waals surface area contributed by atoms with E-state index in [1.807, 2.05) is 50.2 Å². The van der Waals surface area contributed by atoms with Crippen molar-refractivity contribution in [1.82, 2.24) is 9.80 Å². The first kappa shape index (κ1) is 52.2. The van der Waals surface area contributed by atoms with Crippen LogP contribution in [0.25, 0.3) is 11.1 Å². The van der Waals surface area contributed by atoms with Crippen LogP contribution >= 0.6 is 11.6 Å². The predicted octanol–water partition coefficient (Wildman–Crippen LogP) is 9.67. The summed E-state index contributed by atoms with van der Waals surface area (Å²) in [7, 11) is 1.35. The first-order valence-corrected chi connectivity index (χ1v) is 23.8. The minimum atomic E-state index is -0.707. The zero-order chi connectivity index (χ0) is 51.3. The second-order valence-corrected chi connectivity index (χ2v) is 17.2. The highest BCUT2D eigenvalue weighted by atomic mass is 35.5. The van der Waals surface area contributed by atoms with Gasteiger partial charge in [-0.25, -0.2) is 0 Å². The molecule has 2 heterocycles. The van der Waals surface area contributed by atoms with Gasteiger partial charge in [0.05, 0.1) is 80.8 Å². The highest BCUT2D eigenvalue weighted by Gasteiger charge is 2.36. The lowest BCUT2D eigenvalue weighted by Gasteiger charge is -2.22. The van der Waals surface area contributed by atoms with Crippen LogP contribution in [0.3, 0.4) is 0 Å². The summed E-state index contributed by atoms with van der Waals surface area (Å²) in [6, 6.07) is 25.0. The maximum absolute atomic E-state index is 14.2. The Kier molecular flexibility index (Phi) is 17.7. The number of halogens is 1. The quantitative estimate of drug-likeness (QED) is 0.0334. The van der Waals surface area contributed by atoms with Crippen LogP contribution in [0.4, 0.5) is 11.4 Å². The number of nitro groups is 2. The van der Waals surface area contributed by atoms with Gasteiger partial charge in [0.1, 0.15) is 29.2 Å². The van der Waals surface area contributed by atoms with Crippen molar-refractivity contribution in [3.63, 3.8) is 0 Å². The lowest BCUT2D eigenvalue weighted by molar-refractivity contribution is -0.385. The van der Waals surface area contributed by atoms with Gasteiger partial charge in [-0.15, -0.1) is 0 Å². The molecule has 7 rings (SSSR count). The molecule has 5 aromatic rings. The monoisotopic (exact) mass is 1010 g/mol. The number of carbonyl (C=O) groups excluding carboxylic acids is 2. The Morgan fingerprint density at radius 3 is 1.46 bits per heavy atom. The first-order chi connectivity index (χ1) is 34.8. The average molecular weight is 1010 g/mol. The largest absolute Gasteiger partial charge is 0.494 e. The van der Waals surface area contributed by atoms with Gasteiger partial charge < -0.3 is 48.4 Å². The lowest BCUT2D eigenvalue weighted by atomic mass is 10.0. The third-order valence-electron chi connectivity index (χ3n) is 12.1. The van der Waals surface area contributed by atoms with Gasteiger partial charge in [0.2, 0.25) is 0 Å². The molecule has 0 saturated carbocycles. The van der Waals surface area contributed by atoms with E-state index in [1.54, 1.807) is 48.8 Å². The molecular formula is C53H55ClN4O14. The molecule has 0 bridgehead atoms. The van der Waals surface area contributed by atoms with E-state index in [2.05, 4.69) is 0 Å². The molecule has 0 radical (unpaired) electrons. The molecule has 18 nitrogen and oxygen atoms in total. The normalized spacial score (nSPS) is 15.1. The average Bonchev–Trinajstić information content (AvgIpc) is 4.04. The Hall–Kier alpha value is -7.67. The van der Waals surface area contributed by atoms with Crippen LogP contribution in [0.2, 0.25) is 5.02 Å². The summed E-state index contributed by atoms with van der Waals surface area (Å²) in [4.78, 5) is 54.4. The minimum absolute atomic E-state index is 0.0158. The zero-order valence-electron chi connectivity index (χ0n) is 40.0. The molecule has 19 heteroatoms. The number of aliphatic hydroxyl groups is 2. The van der Waals surface area contributed by atoms with Gasteiger partial charge in [0.15, 0.2) is 23.0 Å². The van der Waals surface area contributed by atoms with Crippen LogP contribution in [0.15, 0.2) is 109 Å². The number of rotatable bonds is 24.